The fraction of sp³-hybridized carbons (Fsp3) is 0.929. The summed E-state index contributed by atoms with van der Waals surface area (Å²) in [6, 6.07) is -0.928. The van der Waals surface area contributed by atoms with Gasteiger partial charge in [0.25, 0.3) is 0 Å². The molecule has 22 heavy (non-hydrogen) atoms. The van der Waals surface area contributed by atoms with E-state index in [1.54, 1.807) is 4.90 Å². The number of hydrogen-bond donors (Lipinski definition) is 1. The smallest absolute Gasteiger partial charge is 0.335 e. The molecule has 0 aromatic rings. The number of urea groups is 1. The highest BCUT2D eigenvalue weighted by molar-refractivity contribution is 7.85. The van der Waals surface area contributed by atoms with Gasteiger partial charge in [0.1, 0.15) is 0 Å². The maximum Gasteiger partial charge on any atom is 0.391 e. The van der Waals surface area contributed by atoms with Crippen LogP contribution in [-0.4, -0.2) is 50.9 Å². The van der Waals surface area contributed by atoms with Gasteiger partial charge in [-0.05, 0) is 33.1 Å². The van der Waals surface area contributed by atoms with E-state index in [1.807, 2.05) is 13.8 Å². The Balaban J connectivity index is 1.93. The zero-order valence-electron chi connectivity index (χ0n) is 12.9. The molecule has 8 heteroatoms. The molecule has 1 saturated heterocycles. The first-order valence-corrected chi connectivity index (χ1v) is 9.09. The van der Waals surface area contributed by atoms with Gasteiger partial charge in [-0.25, -0.2) is 4.79 Å². The van der Waals surface area contributed by atoms with Crippen molar-refractivity contribution in [2.75, 3.05) is 12.3 Å². The average molecular weight is 340 g/mol. The molecule has 128 valence electrons. The van der Waals surface area contributed by atoms with Crippen LogP contribution < -0.4 is 5.32 Å². The van der Waals surface area contributed by atoms with E-state index >= 15 is 0 Å². The Morgan fingerprint density at radius 3 is 2.59 bits per heavy atom. The van der Waals surface area contributed by atoms with Gasteiger partial charge in [0, 0.05) is 35.2 Å². The van der Waals surface area contributed by atoms with Crippen LogP contribution in [0.3, 0.4) is 0 Å². The number of carbonyl (C=O) groups is 1. The number of nitrogens with zero attached hydrogens (tertiary/aromatic N) is 1. The van der Waals surface area contributed by atoms with E-state index in [0.29, 0.717) is 25.1 Å². The summed E-state index contributed by atoms with van der Waals surface area (Å²) in [5.41, 5.74) is 0. The van der Waals surface area contributed by atoms with Crippen molar-refractivity contribution >= 4 is 16.8 Å². The van der Waals surface area contributed by atoms with Crippen LogP contribution in [0.4, 0.5) is 18.0 Å². The van der Waals surface area contributed by atoms with Crippen molar-refractivity contribution in [3.05, 3.63) is 0 Å². The molecule has 1 aliphatic carbocycles. The molecule has 0 aromatic heterocycles. The molecule has 2 amide bonds. The SMILES string of the molecule is C[C@@H]1[C@H](C)[S@@](=O)CCN1C(=O)N[C@@H]1CCC[C@@H](C(F)(F)F)C1. The summed E-state index contributed by atoms with van der Waals surface area (Å²) in [6.45, 7) is 4.06. The molecule has 0 radical (unpaired) electrons. The highest BCUT2D eigenvalue weighted by atomic mass is 32.2. The van der Waals surface area contributed by atoms with E-state index in [2.05, 4.69) is 5.32 Å². The van der Waals surface area contributed by atoms with Gasteiger partial charge in [-0.2, -0.15) is 13.2 Å². The Hall–Kier alpha value is -0.790. The molecule has 0 aromatic carbocycles. The van der Waals surface area contributed by atoms with E-state index < -0.39 is 28.9 Å². The number of carbonyl (C=O) groups excluding carboxylic acids is 1. The first-order chi connectivity index (χ1) is 10.2. The highest BCUT2D eigenvalue weighted by Gasteiger charge is 2.43. The molecule has 1 aliphatic heterocycles. The van der Waals surface area contributed by atoms with Gasteiger partial charge >= 0.3 is 12.2 Å². The quantitative estimate of drug-likeness (QED) is 0.798. The van der Waals surface area contributed by atoms with E-state index in [9.17, 15) is 22.2 Å². The molecule has 5 atom stereocenters. The number of alkyl halides is 3. The van der Waals surface area contributed by atoms with Crippen LogP contribution in [0.2, 0.25) is 0 Å². The van der Waals surface area contributed by atoms with Crippen molar-refractivity contribution in [2.45, 2.75) is 63.0 Å². The normalized spacial score (nSPS) is 37.0. The van der Waals surface area contributed by atoms with Crippen molar-refractivity contribution in [2.24, 2.45) is 5.92 Å². The number of amides is 2. The maximum absolute atomic E-state index is 12.8. The van der Waals surface area contributed by atoms with Gasteiger partial charge < -0.3 is 10.2 Å². The van der Waals surface area contributed by atoms with Crippen molar-refractivity contribution < 1.29 is 22.2 Å². The van der Waals surface area contributed by atoms with Crippen LogP contribution in [0, 0.1) is 5.92 Å². The van der Waals surface area contributed by atoms with Crippen LogP contribution in [0.5, 0.6) is 0 Å². The molecule has 1 N–H and O–H groups in total. The molecular weight excluding hydrogens is 317 g/mol. The summed E-state index contributed by atoms with van der Waals surface area (Å²) in [6.07, 6.45) is -3.02. The minimum absolute atomic E-state index is 0.0427. The standard InChI is InChI=1S/C14H23F3N2O2S/c1-9-10(2)22(21)7-6-19(9)13(20)18-12-5-3-4-11(8-12)14(15,16)17/h9-12H,3-8H2,1-2H3,(H,18,20)/t9-,10+,11-,12-,22+/m1/s1. The maximum atomic E-state index is 12.8. The molecule has 2 rings (SSSR count). The van der Waals surface area contributed by atoms with E-state index in [-0.39, 0.29) is 30.2 Å². The summed E-state index contributed by atoms with van der Waals surface area (Å²) < 4.78 is 50.2. The lowest BCUT2D eigenvalue weighted by Crippen LogP contribution is -2.57. The highest BCUT2D eigenvalue weighted by Crippen LogP contribution is 2.37. The lowest BCUT2D eigenvalue weighted by Gasteiger charge is -2.39. The first-order valence-electron chi connectivity index (χ1n) is 7.71. The number of halogens is 3. The van der Waals surface area contributed by atoms with Crippen LogP contribution in [0.1, 0.15) is 39.5 Å². The third kappa shape index (κ3) is 3.94. The summed E-state index contributed by atoms with van der Waals surface area (Å²) in [5, 5.41) is 2.63. The van der Waals surface area contributed by atoms with Gasteiger partial charge in [0.15, 0.2) is 0 Å². The third-order valence-corrected chi connectivity index (χ3v) is 6.65. The lowest BCUT2D eigenvalue weighted by molar-refractivity contribution is -0.183. The predicted molar refractivity (Wildman–Crippen MR) is 79.0 cm³/mol. The molecule has 0 spiro atoms. The van der Waals surface area contributed by atoms with Crippen molar-refractivity contribution in [3.8, 4) is 0 Å². The summed E-state index contributed by atoms with van der Waals surface area (Å²) in [7, 11) is -0.947. The van der Waals surface area contributed by atoms with E-state index in [0.717, 1.165) is 0 Å². The van der Waals surface area contributed by atoms with Crippen LogP contribution in [0.25, 0.3) is 0 Å². The Kier molecular flexibility index (Phi) is 5.40. The lowest BCUT2D eigenvalue weighted by atomic mass is 9.85. The largest absolute Gasteiger partial charge is 0.391 e. The Bertz CT molecular complexity index is 444. The topological polar surface area (TPSA) is 49.4 Å². The summed E-state index contributed by atoms with van der Waals surface area (Å²) in [4.78, 5) is 13.9. The minimum atomic E-state index is -4.19. The monoisotopic (exact) mass is 340 g/mol. The van der Waals surface area contributed by atoms with Gasteiger partial charge in [0.2, 0.25) is 0 Å². The second-order valence-corrected chi connectivity index (χ2v) is 8.19. The van der Waals surface area contributed by atoms with Crippen LogP contribution in [-0.2, 0) is 10.8 Å². The van der Waals surface area contributed by atoms with Crippen LogP contribution in [0.15, 0.2) is 0 Å². The van der Waals surface area contributed by atoms with E-state index in [1.165, 1.54) is 0 Å². The molecule has 1 heterocycles. The molecule has 4 nitrogen and oxygen atoms in total. The molecule has 1 saturated carbocycles. The van der Waals surface area contributed by atoms with Crippen molar-refractivity contribution in [3.63, 3.8) is 0 Å². The Morgan fingerprint density at radius 2 is 1.95 bits per heavy atom. The number of rotatable bonds is 1. The third-order valence-electron chi connectivity index (χ3n) is 4.84. The van der Waals surface area contributed by atoms with Crippen LogP contribution >= 0.6 is 0 Å². The zero-order valence-corrected chi connectivity index (χ0v) is 13.7. The fourth-order valence-corrected chi connectivity index (χ4v) is 4.55. The van der Waals surface area contributed by atoms with Gasteiger partial charge in [0.05, 0.1) is 11.2 Å². The fourth-order valence-electron chi connectivity index (χ4n) is 3.21. The van der Waals surface area contributed by atoms with Gasteiger partial charge in [-0.3, -0.25) is 4.21 Å². The summed E-state index contributed by atoms with van der Waals surface area (Å²) in [5.74, 6) is -0.897. The second-order valence-electron chi connectivity index (χ2n) is 6.28. The zero-order chi connectivity index (χ0) is 16.5. The second kappa shape index (κ2) is 6.76. The predicted octanol–water partition coefficient (Wildman–Crippen LogP) is 2.66. The molecule has 0 bridgehead atoms. The average Bonchev–Trinajstić information content (AvgIpc) is 2.44. The van der Waals surface area contributed by atoms with Crippen molar-refractivity contribution in [1.29, 1.82) is 0 Å². The first kappa shape index (κ1) is 17.6. The van der Waals surface area contributed by atoms with Gasteiger partial charge in [-0.1, -0.05) is 6.42 Å². The molecule has 2 fully saturated rings. The van der Waals surface area contributed by atoms with Gasteiger partial charge in [-0.15, -0.1) is 0 Å². The molecule has 2 aliphatic rings. The van der Waals surface area contributed by atoms with Crippen molar-refractivity contribution in [1.82, 2.24) is 10.2 Å². The summed E-state index contributed by atoms with van der Waals surface area (Å²) >= 11 is 0. The Morgan fingerprint density at radius 1 is 1.27 bits per heavy atom. The number of hydrogen-bond acceptors (Lipinski definition) is 2. The minimum Gasteiger partial charge on any atom is -0.335 e. The number of nitrogens with one attached hydrogen (secondary N) is 1. The Labute approximate surface area is 131 Å². The molecule has 0 unspecified atom stereocenters. The van der Waals surface area contributed by atoms with E-state index in [4.69, 9.17) is 0 Å². The molecular formula is C14H23F3N2O2S.